The lowest BCUT2D eigenvalue weighted by atomic mass is 9.90. The molecule has 2 aliphatic rings. The van der Waals surface area contributed by atoms with Gasteiger partial charge in [-0.05, 0) is 134 Å². The number of nitrogens with zero attached hydrogens (tertiary/aromatic N) is 5. The highest BCUT2D eigenvalue weighted by Crippen LogP contribution is 2.48. The van der Waals surface area contributed by atoms with Crippen molar-refractivity contribution in [3.8, 4) is 72.4 Å². The molecule has 0 N–H and O–H groups in total. The van der Waals surface area contributed by atoms with Gasteiger partial charge in [0.1, 0.15) is 5.84 Å². The summed E-state index contributed by atoms with van der Waals surface area (Å²) in [6.45, 7) is 0.743. The summed E-state index contributed by atoms with van der Waals surface area (Å²) in [5.41, 5.74) is 25.4. The van der Waals surface area contributed by atoms with E-state index in [1.807, 2.05) is 0 Å². The van der Waals surface area contributed by atoms with E-state index in [-0.39, 0.29) is 6.04 Å². The average molecular weight is 1120 g/mol. The lowest BCUT2D eigenvalue weighted by molar-refractivity contribution is 0.741. The molecule has 0 spiro atoms. The number of aliphatic imine (C=N–C) groups is 2. The minimum atomic E-state index is -0.280. The van der Waals surface area contributed by atoms with Crippen molar-refractivity contribution in [3.05, 3.63) is 332 Å². The second kappa shape index (κ2) is 21.3. The van der Waals surface area contributed by atoms with E-state index in [0.29, 0.717) is 12.3 Å². The first-order valence-electron chi connectivity index (χ1n) is 30.4. The molecule has 5 heteroatoms. The van der Waals surface area contributed by atoms with Gasteiger partial charge in [-0.15, -0.1) is 0 Å². The fourth-order valence-electron chi connectivity index (χ4n) is 13.9. The van der Waals surface area contributed by atoms with Gasteiger partial charge in [0.05, 0.1) is 33.8 Å². The fraction of sp³-hybridized carbons (Fsp3) is 0.0361. The van der Waals surface area contributed by atoms with E-state index in [4.69, 9.17) is 9.98 Å². The number of anilines is 2. The molecule has 0 radical (unpaired) electrons. The molecular weight excluding hydrogens is 1070 g/mol. The van der Waals surface area contributed by atoms with E-state index in [2.05, 4.69) is 329 Å². The lowest BCUT2D eigenvalue weighted by Crippen LogP contribution is -2.22. The highest BCUT2D eigenvalue weighted by Gasteiger charge is 2.29. The maximum absolute atomic E-state index is 5.80. The van der Waals surface area contributed by atoms with E-state index >= 15 is 0 Å². The smallest absolute Gasteiger partial charge is 0.157 e. The van der Waals surface area contributed by atoms with Crippen LogP contribution in [0.3, 0.4) is 0 Å². The van der Waals surface area contributed by atoms with Crippen LogP contribution in [0.25, 0.3) is 116 Å². The molecule has 5 nitrogen and oxygen atoms in total. The van der Waals surface area contributed by atoms with E-state index < -0.39 is 0 Å². The van der Waals surface area contributed by atoms with Crippen molar-refractivity contribution in [1.82, 2.24) is 9.13 Å². The predicted octanol–water partition coefficient (Wildman–Crippen LogP) is 21.4. The molecule has 88 heavy (non-hydrogen) atoms. The van der Waals surface area contributed by atoms with E-state index in [9.17, 15) is 0 Å². The molecule has 2 aliphatic heterocycles. The van der Waals surface area contributed by atoms with Crippen LogP contribution in [0, 0.1) is 0 Å². The predicted molar refractivity (Wildman–Crippen MR) is 368 cm³/mol. The summed E-state index contributed by atoms with van der Waals surface area (Å²) in [7, 11) is 0. The van der Waals surface area contributed by atoms with Crippen molar-refractivity contribution in [3.63, 3.8) is 0 Å². The Bertz CT molecular complexity index is 5190. The van der Waals surface area contributed by atoms with Crippen molar-refractivity contribution < 1.29 is 0 Å². The molecule has 0 aliphatic carbocycles. The minimum absolute atomic E-state index is 0.280. The molecule has 4 heterocycles. The van der Waals surface area contributed by atoms with Crippen LogP contribution in [0.1, 0.15) is 29.2 Å². The first-order valence-corrected chi connectivity index (χ1v) is 30.4. The lowest BCUT2D eigenvalue weighted by Gasteiger charge is -2.34. The number of amidine groups is 1. The van der Waals surface area contributed by atoms with Crippen LogP contribution in [0.2, 0.25) is 0 Å². The molecule has 0 saturated carbocycles. The Balaban J connectivity index is 0.842. The van der Waals surface area contributed by atoms with Gasteiger partial charge < -0.3 is 9.47 Å². The van der Waals surface area contributed by atoms with Crippen molar-refractivity contribution in [2.24, 2.45) is 9.98 Å². The van der Waals surface area contributed by atoms with Crippen LogP contribution in [0.4, 0.5) is 11.4 Å². The minimum Gasteiger partial charge on any atom is -0.336 e. The zero-order valence-electron chi connectivity index (χ0n) is 48.2. The quantitative estimate of drug-likeness (QED) is 0.142. The van der Waals surface area contributed by atoms with Gasteiger partial charge in [0.2, 0.25) is 0 Å². The Kier molecular flexibility index (Phi) is 12.3. The third-order valence-corrected chi connectivity index (χ3v) is 18.1. The third kappa shape index (κ3) is 8.77. The summed E-state index contributed by atoms with van der Waals surface area (Å²) in [5, 5.41) is 4.85. The molecule has 17 rings (SSSR count). The Morgan fingerprint density at radius 2 is 0.716 bits per heavy atom. The fourth-order valence-corrected chi connectivity index (χ4v) is 13.9. The monoisotopic (exact) mass is 1120 g/mol. The molecule has 0 amide bonds. The summed E-state index contributed by atoms with van der Waals surface area (Å²) in [5.74, 6) is 1.65. The van der Waals surface area contributed by atoms with E-state index in [1.165, 1.54) is 60.6 Å². The van der Waals surface area contributed by atoms with Crippen molar-refractivity contribution >= 4 is 66.7 Å². The number of rotatable bonds is 9. The molecule has 2 aromatic heterocycles. The second-order valence-corrected chi connectivity index (χ2v) is 23.2. The van der Waals surface area contributed by atoms with Gasteiger partial charge in [0.15, 0.2) is 5.84 Å². The normalized spacial score (nSPS) is 13.8. The first-order chi connectivity index (χ1) is 43.6. The molecule has 13 aromatic carbocycles. The summed E-state index contributed by atoms with van der Waals surface area (Å²) in [6, 6.07) is 115. The molecule has 0 saturated heterocycles. The third-order valence-electron chi connectivity index (χ3n) is 18.1. The maximum atomic E-state index is 5.80. The molecule has 0 bridgehead atoms. The van der Waals surface area contributed by atoms with Gasteiger partial charge >= 0.3 is 0 Å². The maximum Gasteiger partial charge on any atom is 0.157 e. The molecule has 0 fully saturated rings. The van der Waals surface area contributed by atoms with Crippen molar-refractivity contribution in [2.75, 3.05) is 4.90 Å². The average Bonchev–Trinajstić information content (AvgIpc) is 1.84. The Morgan fingerprint density at radius 1 is 0.284 bits per heavy atom. The number of hydrogen-bond acceptors (Lipinski definition) is 3. The Labute approximate surface area is 511 Å². The van der Waals surface area contributed by atoms with Gasteiger partial charge in [-0.1, -0.05) is 243 Å². The van der Waals surface area contributed by atoms with Crippen molar-refractivity contribution in [2.45, 2.75) is 19.0 Å². The van der Waals surface area contributed by atoms with Crippen LogP contribution in [-0.2, 0) is 6.54 Å². The van der Waals surface area contributed by atoms with Crippen LogP contribution < -0.4 is 4.90 Å². The number of benzene rings is 13. The van der Waals surface area contributed by atoms with Crippen molar-refractivity contribution in [1.29, 1.82) is 0 Å². The highest BCUT2D eigenvalue weighted by atomic mass is 15.1. The second-order valence-electron chi connectivity index (χ2n) is 23.2. The molecule has 1 unspecified atom stereocenters. The summed E-state index contributed by atoms with van der Waals surface area (Å²) < 4.78 is 4.83. The number of hydrogen-bond donors (Lipinski definition) is 0. The topological polar surface area (TPSA) is 37.8 Å². The standard InChI is InChI=1S/C83H57N5/c1-3-22-55(23-4-1)57-27-19-28-58(48-57)60-44-46-76(86-54-65-26-7-8-33-66(65)67-34-9-14-39-75(67)86)72(52-60)61-29-20-31-63(49-61)74-53-82(88-79-42-17-12-37-70(79)71-38-13-18-43-80(71)88)85-83(84-74)64-32-21-30-62(50-64)73-51-59(56-24-5-2-6-25-56)45-47-81(73)87-77-40-15-10-35-68(77)69-36-11-16-41-78(69)87/h1-52,74H,53-54H2. The summed E-state index contributed by atoms with van der Waals surface area (Å²) >= 11 is 0. The zero-order valence-corrected chi connectivity index (χ0v) is 48.2. The summed E-state index contributed by atoms with van der Waals surface area (Å²) in [6.07, 6.45) is 0.585. The van der Waals surface area contributed by atoms with Gasteiger partial charge in [0.25, 0.3) is 0 Å². The molecule has 1 atom stereocenters. The first kappa shape index (κ1) is 51.1. The van der Waals surface area contributed by atoms with Crippen LogP contribution in [-0.4, -0.2) is 20.8 Å². The van der Waals surface area contributed by atoms with Gasteiger partial charge in [0, 0.05) is 68.1 Å². The van der Waals surface area contributed by atoms with Gasteiger partial charge in [-0.25, -0.2) is 4.99 Å². The zero-order chi connectivity index (χ0) is 58.1. The van der Waals surface area contributed by atoms with Crippen LogP contribution >= 0.6 is 0 Å². The number of para-hydroxylation sites is 5. The molecular formula is C83H57N5. The highest BCUT2D eigenvalue weighted by molar-refractivity contribution is 6.18. The SMILES string of the molecule is c1ccc(-c2cccc(-c3ccc(N4Cc5ccccc5-c5ccccc54)c(-c4cccc(C5CC(n6c7ccccc7c7ccccc76)=NC(c6cccc(-c7cc(-c8ccccc8)ccc7-n7c8ccccc8c8ccccc87)c6)=N5)c4)c3)c2)cc1. The van der Waals surface area contributed by atoms with Gasteiger partial charge in [-0.3, -0.25) is 9.56 Å². The number of aromatic nitrogens is 2. The summed E-state index contributed by atoms with van der Waals surface area (Å²) in [4.78, 5) is 14.0. The van der Waals surface area contributed by atoms with Crippen LogP contribution in [0.5, 0.6) is 0 Å². The largest absolute Gasteiger partial charge is 0.336 e. The number of fused-ring (bicyclic) bond motifs is 9. The van der Waals surface area contributed by atoms with E-state index in [0.717, 1.165) is 95.9 Å². The Hall–Kier alpha value is -11.4. The van der Waals surface area contributed by atoms with Gasteiger partial charge in [-0.2, -0.15) is 0 Å². The molecule has 414 valence electrons. The molecule has 15 aromatic rings. The Morgan fingerprint density at radius 3 is 1.36 bits per heavy atom. The van der Waals surface area contributed by atoms with E-state index in [1.54, 1.807) is 0 Å². The van der Waals surface area contributed by atoms with Crippen LogP contribution in [0.15, 0.2) is 325 Å².